The number of nitrogens with two attached hydrogens (primary N) is 1. The fourth-order valence-electron chi connectivity index (χ4n) is 2.78. The van der Waals surface area contributed by atoms with Crippen molar-refractivity contribution in [2.24, 2.45) is 0 Å². The SMILES string of the molecule is CC1CN(C(=O)c2sc3cccc(Cl)c3c2N)CC(C)O1. The molecule has 1 aromatic heterocycles. The molecular formula is C15H17ClN2O2S. The minimum absolute atomic E-state index is 0.0354. The molecule has 2 atom stereocenters. The van der Waals surface area contributed by atoms with E-state index in [4.69, 9.17) is 22.1 Å². The number of hydrogen-bond acceptors (Lipinski definition) is 4. The normalized spacial score (nSPS) is 22.7. The molecule has 2 N–H and O–H groups in total. The van der Waals surface area contributed by atoms with Crippen LogP contribution in [0.25, 0.3) is 10.1 Å². The molecule has 1 saturated heterocycles. The fraction of sp³-hybridized carbons (Fsp3) is 0.400. The van der Waals surface area contributed by atoms with E-state index in [9.17, 15) is 4.79 Å². The lowest BCUT2D eigenvalue weighted by Crippen LogP contribution is -2.48. The van der Waals surface area contributed by atoms with Crippen molar-refractivity contribution in [3.63, 3.8) is 0 Å². The summed E-state index contributed by atoms with van der Waals surface area (Å²) >= 11 is 7.60. The van der Waals surface area contributed by atoms with Crippen LogP contribution in [0.1, 0.15) is 23.5 Å². The molecule has 2 heterocycles. The van der Waals surface area contributed by atoms with E-state index in [1.807, 2.05) is 30.9 Å². The number of rotatable bonds is 1. The second-order valence-electron chi connectivity index (χ2n) is 5.43. The highest BCUT2D eigenvalue weighted by Gasteiger charge is 2.29. The van der Waals surface area contributed by atoms with E-state index in [2.05, 4.69) is 0 Å². The van der Waals surface area contributed by atoms with Gasteiger partial charge in [-0.1, -0.05) is 17.7 Å². The topological polar surface area (TPSA) is 55.6 Å². The predicted octanol–water partition coefficient (Wildman–Crippen LogP) is 3.39. The number of halogens is 1. The number of morpholine rings is 1. The third-order valence-electron chi connectivity index (χ3n) is 3.60. The Hall–Kier alpha value is -1.30. The lowest BCUT2D eigenvalue weighted by Gasteiger charge is -2.35. The number of carbonyl (C=O) groups is 1. The lowest BCUT2D eigenvalue weighted by atomic mass is 10.2. The van der Waals surface area contributed by atoms with Crippen molar-refractivity contribution < 1.29 is 9.53 Å². The molecule has 6 heteroatoms. The van der Waals surface area contributed by atoms with E-state index in [1.54, 1.807) is 6.07 Å². The first-order valence-corrected chi connectivity index (χ1v) is 8.08. The van der Waals surface area contributed by atoms with Gasteiger partial charge in [-0.25, -0.2) is 0 Å². The summed E-state index contributed by atoms with van der Waals surface area (Å²) in [6.07, 6.45) is 0.0776. The molecule has 0 saturated carbocycles. The summed E-state index contributed by atoms with van der Waals surface area (Å²) in [7, 11) is 0. The number of carbonyl (C=O) groups excluding carboxylic acids is 1. The molecule has 1 aliphatic heterocycles. The molecule has 1 fully saturated rings. The minimum Gasteiger partial charge on any atom is -0.397 e. The molecular weight excluding hydrogens is 308 g/mol. The van der Waals surface area contributed by atoms with Crippen LogP contribution in [0.3, 0.4) is 0 Å². The van der Waals surface area contributed by atoms with Gasteiger partial charge >= 0.3 is 0 Å². The molecule has 4 nitrogen and oxygen atoms in total. The number of amides is 1. The second-order valence-corrected chi connectivity index (χ2v) is 6.88. The maximum atomic E-state index is 12.8. The van der Waals surface area contributed by atoms with E-state index in [0.717, 1.165) is 10.1 Å². The lowest BCUT2D eigenvalue weighted by molar-refractivity contribution is -0.0584. The van der Waals surface area contributed by atoms with Gasteiger partial charge in [-0.3, -0.25) is 4.79 Å². The molecule has 112 valence electrons. The minimum atomic E-state index is -0.0354. The van der Waals surface area contributed by atoms with Gasteiger partial charge in [-0.15, -0.1) is 11.3 Å². The number of benzene rings is 1. The maximum absolute atomic E-state index is 12.8. The van der Waals surface area contributed by atoms with Gasteiger partial charge in [0.1, 0.15) is 4.88 Å². The zero-order chi connectivity index (χ0) is 15.1. The summed E-state index contributed by atoms with van der Waals surface area (Å²) in [5.41, 5.74) is 6.65. The third kappa shape index (κ3) is 2.61. The Balaban J connectivity index is 1.98. The van der Waals surface area contributed by atoms with Crippen LogP contribution in [0.2, 0.25) is 5.02 Å². The predicted molar refractivity (Wildman–Crippen MR) is 87.2 cm³/mol. The quantitative estimate of drug-likeness (QED) is 0.874. The molecule has 3 rings (SSSR count). The average molecular weight is 325 g/mol. The standard InChI is InChI=1S/C15H17ClN2O2S/c1-8-6-18(7-9(2)20-8)15(19)14-13(17)12-10(16)4-3-5-11(12)21-14/h3-5,8-9H,6-7,17H2,1-2H3. The number of nitrogen functional groups attached to an aromatic ring is 1. The molecule has 2 unspecified atom stereocenters. The molecule has 1 aliphatic rings. The summed E-state index contributed by atoms with van der Waals surface area (Å²) in [6, 6.07) is 5.59. The van der Waals surface area contributed by atoms with Gasteiger partial charge in [0.15, 0.2) is 0 Å². The summed E-state index contributed by atoms with van der Waals surface area (Å²) in [6.45, 7) is 5.12. The average Bonchev–Trinajstić information content (AvgIpc) is 2.75. The number of hydrogen-bond donors (Lipinski definition) is 1. The van der Waals surface area contributed by atoms with Crippen molar-refractivity contribution in [2.45, 2.75) is 26.1 Å². The van der Waals surface area contributed by atoms with E-state index >= 15 is 0 Å². The van der Waals surface area contributed by atoms with Crippen molar-refractivity contribution >= 4 is 44.6 Å². The molecule has 0 bridgehead atoms. The van der Waals surface area contributed by atoms with Gasteiger partial charge in [-0.05, 0) is 26.0 Å². The number of ether oxygens (including phenoxy) is 1. The largest absolute Gasteiger partial charge is 0.397 e. The molecule has 2 aromatic rings. The van der Waals surface area contributed by atoms with Gasteiger partial charge in [0.25, 0.3) is 5.91 Å². The Morgan fingerprint density at radius 3 is 2.67 bits per heavy atom. The zero-order valence-corrected chi connectivity index (χ0v) is 13.5. The first-order valence-electron chi connectivity index (χ1n) is 6.88. The smallest absolute Gasteiger partial charge is 0.266 e. The van der Waals surface area contributed by atoms with E-state index in [1.165, 1.54) is 11.3 Å². The van der Waals surface area contributed by atoms with Crippen LogP contribution in [-0.4, -0.2) is 36.1 Å². The Labute approximate surface area is 132 Å². The summed E-state index contributed by atoms with van der Waals surface area (Å²) in [4.78, 5) is 15.1. The van der Waals surface area contributed by atoms with Gasteiger partial charge in [-0.2, -0.15) is 0 Å². The van der Waals surface area contributed by atoms with Crippen LogP contribution in [0, 0.1) is 0 Å². The summed E-state index contributed by atoms with van der Waals surface area (Å²) < 4.78 is 6.61. The molecule has 21 heavy (non-hydrogen) atoms. The van der Waals surface area contributed by atoms with Gasteiger partial charge in [0, 0.05) is 23.2 Å². The molecule has 0 aliphatic carbocycles. The Kier molecular flexibility index (Phi) is 3.82. The number of anilines is 1. The summed E-state index contributed by atoms with van der Waals surface area (Å²) in [5, 5.41) is 1.37. The number of thiophene rings is 1. The van der Waals surface area contributed by atoms with Crippen molar-refractivity contribution in [1.82, 2.24) is 4.90 Å². The van der Waals surface area contributed by atoms with Crippen molar-refractivity contribution in [3.05, 3.63) is 28.1 Å². The van der Waals surface area contributed by atoms with E-state index < -0.39 is 0 Å². The van der Waals surface area contributed by atoms with Gasteiger partial charge < -0.3 is 15.4 Å². The Morgan fingerprint density at radius 1 is 1.38 bits per heavy atom. The highest BCUT2D eigenvalue weighted by molar-refractivity contribution is 7.21. The maximum Gasteiger partial charge on any atom is 0.266 e. The molecule has 0 spiro atoms. The highest BCUT2D eigenvalue weighted by Crippen LogP contribution is 2.38. The van der Waals surface area contributed by atoms with Crippen LogP contribution in [0.15, 0.2) is 18.2 Å². The fourth-order valence-corrected chi connectivity index (χ4v) is 4.22. The zero-order valence-electron chi connectivity index (χ0n) is 11.9. The number of nitrogens with zero attached hydrogens (tertiary/aromatic N) is 1. The highest BCUT2D eigenvalue weighted by atomic mass is 35.5. The van der Waals surface area contributed by atoms with Crippen molar-refractivity contribution in [2.75, 3.05) is 18.8 Å². The van der Waals surface area contributed by atoms with Crippen LogP contribution in [0.4, 0.5) is 5.69 Å². The van der Waals surface area contributed by atoms with Gasteiger partial charge in [0.2, 0.25) is 0 Å². The van der Waals surface area contributed by atoms with Crippen LogP contribution in [0.5, 0.6) is 0 Å². The molecule has 0 radical (unpaired) electrons. The Morgan fingerprint density at radius 2 is 2.05 bits per heavy atom. The first kappa shape index (κ1) is 14.6. The summed E-state index contributed by atoms with van der Waals surface area (Å²) in [5.74, 6) is -0.0354. The van der Waals surface area contributed by atoms with Crippen molar-refractivity contribution in [1.29, 1.82) is 0 Å². The van der Waals surface area contributed by atoms with E-state index in [0.29, 0.717) is 28.7 Å². The van der Waals surface area contributed by atoms with Crippen LogP contribution < -0.4 is 5.73 Å². The molecule has 1 aromatic carbocycles. The van der Waals surface area contributed by atoms with Gasteiger partial charge in [0.05, 0.1) is 22.9 Å². The van der Waals surface area contributed by atoms with Crippen LogP contribution in [-0.2, 0) is 4.74 Å². The monoisotopic (exact) mass is 324 g/mol. The van der Waals surface area contributed by atoms with E-state index in [-0.39, 0.29) is 18.1 Å². The van der Waals surface area contributed by atoms with Crippen LogP contribution >= 0.6 is 22.9 Å². The second kappa shape index (κ2) is 5.48. The van der Waals surface area contributed by atoms with Crippen molar-refractivity contribution in [3.8, 4) is 0 Å². The molecule has 1 amide bonds. The number of fused-ring (bicyclic) bond motifs is 1. The Bertz CT molecular complexity index is 690. The first-order chi connectivity index (χ1) is 9.97. The third-order valence-corrected chi connectivity index (χ3v) is 5.08.